The molecule has 0 spiro atoms. The molecule has 0 amide bonds. The fourth-order valence-corrected chi connectivity index (χ4v) is 5.03. The van der Waals surface area contributed by atoms with Crippen molar-refractivity contribution < 1.29 is 17.9 Å². The highest BCUT2D eigenvalue weighted by molar-refractivity contribution is 9.10. The number of nitrogens with zero attached hydrogens (tertiary/aromatic N) is 1. The molecule has 8 heteroatoms. The molecule has 0 unspecified atom stereocenters. The van der Waals surface area contributed by atoms with Gasteiger partial charge in [0.05, 0.1) is 19.1 Å². The zero-order valence-electron chi connectivity index (χ0n) is 16.1. The summed E-state index contributed by atoms with van der Waals surface area (Å²) < 4.78 is 38.9. The van der Waals surface area contributed by atoms with Crippen LogP contribution in [0, 0.1) is 0 Å². The van der Waals surface area contributed by atoms with Gasteiger partial charge in [-0.1, -0.05) is 22.0 Å². The SMILES string of the molecule is COc1cc2c(cc1OC)CN(CCCNS(=O)(=O)c1cccc(Br)c1)CC2. The molecule has 1 aliphatic heterocycles. The van der Waals surface area contributed by atoms with E-state index < -0.39 is 10.0 Å². The van der Waals surface area contributed by atoms with E-state index in [0.29, 0.717) is 6.54 Å². The van der Waals surface area contributed by atoms with Gasteiger partial charge in [0.2, 0.25) is 10.0 Å². The molecule has 0 radical (unpaired) electrons. The Morgan fingerprint density at radius 1 is 1.11 bits per heavy atom. The van der Waals surface area contributed by atoms with Gasteiger partial charge < -0.3 is 9.47 Å². The highest BCUT2D eigenvalue weighted by Crippen LogP contribution is 2.33. The number of rotatable bonds is 8. The van der Waals surface area contributed by atoms with Gasteiger partial charge >= 0.3 is 0 Å². The topological polar surface area (TPSA) is 67.9 Å². The minimum Gasteiger partial charge on any atom is -0.493 e. The standard InChI is InChI=1S/C20H25BrN2O4S/c1-26-19-11-15-7-10-23(14-16(15)12-20(19)27-2)9-4-8-22-28(24,25)18-6-3-5-17(21)13-18/h3,5-6,11-13,22H,4,7-10,14H2,1-2H3. The van der Waals surface area contributed by atoms with E-state index in [4.69, 9.17) is 9.47 Å². The van der Waals surface area contributed by atoms with Crippen molar-refractivity contribution in [3.63, 3.8) is 0 Å². The van der Waals surface area contributed by atoms with Crippen molar-refractivity contribution in [2.75, 3.05) is 33.9 Å². The van der Waals surface area contributed by atoms with Gasteiger partial charge in [0.15, 0.2) is 11.5 Å². The summed E-state index contributed by atoms with van der Waals surface area (Å²) in [6, 6.07) is 10.8. The number of sulfonamides is 1. The first-order chi connectivity index (χ1) is 13.4. The molecule has 0 atom stereocenters. The van der Waals surface area contributed by atoms with Gasteiger partial charge in [0.25, 0.3) is 0 Å². The summed E-state index contributed by atoms with van der Waals surface area (Å²) >= 11 is 3.31. The van der Waals surface area contributed by atoms with Gasteiger partial charge in [0.1, 0.15) is 0 Å². The van der Waals surface area contributed by atoms with E-state index in [1.807, 2.05) is 6.07 Å². The van der Waals surface area contributed by atoms with Gasteiger partial charge in [-0.2, -0.15) is 0 Å². The smallest absolute Gasteiger partial charge is 0.240 e. The minimum absolute atomic E-state index is 0.273. The lowest BCUT2D eigenvalue weighted by atomic mass is 9.98. The van der Waals surface area contributed by atoms with Crippen molar-refractivity contribution in [1.29, 1.82) is 0 Å². The summed E-state index contributed by atoms with van der Waals surface area (Å²) in [7, 11) is -0.192. The molecule has 0 saturated heterocycles. The molecule has 0 bridgehead atoms. The van der Waals surface area contributed by atoms with Gasteiger partial charge in [0, 0.05) is 24.1 Å². The molecule has 1 N–H and O–H groups in total. The number of halogens is 1. The fraction of sp³-hybridized carbons (Fsp3) is 0.400. The van der Waals surface area contributed by atoms with Crippen LogP contribution in [0.15, 0.2) is 45.8 Å². The van der Waals surface area contributed by atoms with E-state index in [1.165, 1.54) is 11.1 Å². The Balaban J connectivity index is 1.53. The Bertz CT molecular complexity index is 934. The van der Waals surface area contributed by atoms with Crippen molar-refractivity contribution in [1.82, 2.24) is 9.62 Å². The van der Waals surface area contributed by atoms with Gasteiger partial charge in [-0.25, -0.2) is 13.1 Å². The maximum atomic E-state index is 12.4. The van der Waals surface area contributed by atoms with E-state index in [1.54, 1.807) is 38.5 Å². The third kappa shape index (κ3) is 5.05. The predicted octanol–water partition coefficient (Wildman–Crippen LogP) is 3.19. The Morgan fingerprint density at radius 2 is 1.82 bits per heavy atom. The summed E-state index contributed by atoms with van der Waals surface area (Å²) in [5.74, 6) is 1.50. The summed E-state index contributed by atoms with van der Waals surface area (Å²) in [6.07, 6.45) is 1.69. The maximum absolute atomic E-state index is 12.4. The van der Waals surface area contributed by atoms with Crippen LogP contribution in [0.4, 0.5) is 0 Å². The quantitative estimate of drug-likeness (QED) is 0.602. The van der Waals surface area contributed by atoms with Crippen LogP contribution >= 0.6 is 15.9 Å². The predicted molar refractivity (Wildman–Crippen MR) is 112 cm³/mol. The molecule has 0 aliphatic carbocycles. The summed E-state index contributed by atoms with van der Waals surface area (Å²) in [5.41, 5.74) is 2.52. The van der Waals surface area contributed by atoms with Gasteiger partial charge in [-0.15, -0.1) is 0 Å². The van der Waals surface area contributed by atoms with E-state index in [2.05, 4.69) is 31.6 Å². The van der Waals surface area contributed by atoms with Crippen molar-refractivity contribution in [3.05, 3.63) is 52.0 Å². The number of benzene rings is 2. The molecular weight excluding hydrogens is 444 g/mol. The summed E-state index contributed by atoms with van der Waals surface area (Å²) in [4.78, 5) is 2.61. The molecule has 28 heavy (non-hydrogen) atoms. The second kappa shape index (κ2) is 9.26. The maximum Gasteiger partial charge on any atom is 0.240 e. The first kappa shape index (κ1) is 21.1. The monoisotopic (exact) mass is 468 g/mol. The van der Waals surface area contributed by atoms with Gasteiger partial charge in [-0.05, 0) is 60.8 Å². The highest BCUT2D eigenvalue weighted by Gasteiger charge is 2.19. The van der Waals surface area contributed by atoms with Crippen LogP contribution in [0.2, 0.25) is 0 Å². The molecule has 1 aliphatic rings. The second-order valence-corrected chi connectivity index (χ2v) is 9.39. The lowest BCUT2D eigenvalue weighted by Gasteiger charge is -2.29. The van der Waals surface area contributed by atoms with Crippen LogP contribution < -0.4 is 14.2 Å². The Kier molecular flexibility index (Phi) is 6.98. The zero-order valence-corrected chi connectivity index (χ0v) is 18.5. The van der Waals surface area contributed by atoms with Crippen LogP contribution in [-0.2, 0) is 23.0 Å². The number of hydrogen-bond donors (Lipinski definition) is 1. The molecule has 3 rings (SSSR count). The third-order valence-corrected chi connectivity index (χ3v) is 6.80. The normalized spacial score (nSPS) is 14.5. The zero-order chi connectivity index (χ0) is 20.1. The lowest BCUT2D eigenvalue weighted by Crippen LogP contribution is -2.33. The highest BCUT2D eigenvalue weighted by atomic mass is 79.9. The van der Waals surface area contributed by atoms with Crippen molar-refractivity contribution >= 4 is 26.0 Å². The molecule has 0 fully saturated rings. The Labute approximate surface area is 175 Å². The molecule has 1 heterocycles. The molecule has 152 valence electrons. The van der Waals surface area contributed by atoms with Crippen LogP contribution in [0.3, 0.4) is 0 Å². The minimum atomic E-state index is -3.48. The number of ether oxygens (including phenoxy) is 2. The molecule has 0 saturated carbocycles. The second-order valence-electron chi connectivity index (χ2n) is 6.71. The van der Waals surface area contributed by atoms with Crippen LogP contribution in [0.25, 0.3) is 0 Å². The van der Waals surface area contributed by atoms with Crippen molar-refractivity contribution in [3.8, 4) is 11.5 Å². The molecular formula is C20H25BrN2O4S. The molecule has 2 aromatic rings. The molecule has 2 aromatic carbocycles. The number of hydrogen-bond acceptors (Lipinski definition) is 5. The summed E-state index contributed by atoms with van der Waals surface area (Å²) in [5, 5.41) is 0. The largest absolute Gasteiger partial charge is 0.493 e. The number of methoxy groups -OCH3 is 2. The first-order valence-electron chi connectivity index (χ1n) is 9.14. The molecule has 0 aromatic heterocycles. The van der Waals surface area contributed by atoms with E-state index in [9.17, 15) is 8.42 Å². The van der Waals surface area contributed by atoms with Crippen molar-refractivity contribution in [2.45, 2.75) is 24.3 Å². The average Bonchev–Trinajstić information content (AvgIpc) is 2.70. The van der Waals surface area contributed by atoms with E-state index in [0.717, 1.165) is 48.4 Å². The fourth-order valence-electron chi connectivity index (χ4n) is 3.36. The van der Waals surface area contributed by atoms with Crippen molar-refractivity contribution in [2.24, 2.45) is 0 Å². The van der Waals surface area contributed by atoms with Crippen LogP contribution in [-0.4, -0.2) is 47.2 Å². The van der Waals surface area contributed by atoms with E-state index in [-0.39, 0.29) is 4.90 Å². The third-order valence-electron chi connectivity index (χ3n) is 4.85. The van der Waals surface area contributed by atoms with Crippen LogP contribution in [0.5, 0.6) is 11.5 Å². The average molecular weight is 469 g/mol. The Hall–Kier alpha value is -1.61. The van der Waals surface area contributed by atoms with Crippen LogP contribution in [0.1, 0.15) is 17.5 Å². The number of nitrogens with one attached hydrogen (secondary N) is 1. The van der Waals surface area contributed by atoms with Gasteiger partial charge in [-0.3, -0.25) is 4.90 Å². The summed E-state index contributed by atoms with van der Waals surface area (Å²) in [6.45, 7) is 3.01. The first-order valence-corrected chi connectivity index (χ1v) is 11.4. The number of fused-ring (bicyclic) bond motifs is 1. The lowest BCUT2D eigenvalue weighted by molar-refractivity contribution is 0.250. The Morgan fingerprint density at radius 3 is 2.50 bits per heavy atom. The molecule has 6 nitrogen and oxygen atoms in total. The van der Waals surface area contributed by atoms with E-state index >= 15 is 0 Å².